The predicted octanol–water partition coefficient (Wildman–Crippen LogP) is 1.90. The van der Waals surface area contributed by atoms with Gasteiger partial charge in [-0.25, -0.2) is 4.79 Å². The third kappa shape index (κ3) is 4.20. The van der Waals surface area contributed by atoms with Crippen molar-refractivity contribution >= 4 is 23.7 Å². The molecular formula is C19H24N6O2S. The molecule has 0 radical (unpaired) electrons. The van der Waals surface area contributed by atoms with Crippen molar-refractivity contribution in [2.75, 3.05) is 31.9 Å². The van der Waals surface area contributed by atoms with Crippen LogP contribution >= 0.6 is 11.8 Å². The van der Waals surface area contributed by atoms with E-state index in [4.69, 9.17) is 0 Å². The molecule has 9 heteroatoms. The third-order valence-electron chi connectivity index (χ3n) is 5.01. The molecule has 0 saturated carbocycles. The van der Waals surface area contributed by atoms with Crippen LogP contribution in [0, 0.1) is 0 Å². The zero-order chi connectivity index (χ0) is 19.3. The predicted molar refractivity (Wildman–Crippen MR) is 106 cm³/mol. The minimum Gasteiger partial charge on any atom is -0.336 e. The summed E-state index contributed by atoms with van der Waals surface area (Å²) in [6.45, 7) is 3.82. The maximum atomic E-state index is 12.4. The van der Waals surface area contributed by atoms with E-state index in [2.05, 4.69) is 20.4 Å². The molecule has 4 rings (SSSR count). The van der Waals surface area contributed by atoms with Gasteiger partial charge in [0.05, 0.1) is 12.3 Å². The molecule has 0 spiro atoms. The Kier molecular flexibility index (Phi) is 5.92. The monoisotopic (exact) mass is 400 g/mol. The van der Waals surface area contributed by atoms with E-state index in [0.717, 1.165) is 31.1 Å². The molecule has 3 amide bonds. The summed E-state index contributed by atoms with van der Waals surface area (Å²) in [7, 11) is 0. The number of nitrogens with one attached hydrogen (secondary N) is 1. The number of piperidine rings is 1. The molecule has 28 heavy (non-hydrogen) atoms. The van der Waals surface area contributed by atoms with Crippen LogP contribution in [0.2, 0.25) is 0 Å². The van der Waals surface area contributed by atoms with E-state index < -0.39 is 0 Å². The normalized spacial score (nSPS) is 17.7. The lowest BCUT2D eigenvalue weighted by Crippen LogP contribution is -2.35. The van der Waals surface area contributed by atoms with Crippen molar-refractivity contribution in [1.29, 1.82) is 0 Å². The number of carbonyl (C=O) groups excluding carboxylic acids is 2. The van der Waals surface area contributed by atoms with Crippen LogP contribution in [0.25, 0.3) is 5.69 Å². The van der Waals surface area contributed by atoms with Crippen LogP contribution in [0.3, 0.4) is 0 Å². The number of hydrogen-bond donors (Lipinski definition) is 1. The van der Waals surface area contributed by atoms with Gasteiger partial charge in [-0.15, -0.1) is 10.2 Å². The maximum Gasteiger partial charge on any atom is 0.324 e. The summed E-state index contributed by atoms with van der Waals surface area (Å²) < 4.78 is 2.02. The average Bonchev–Trinajstić information content (AvgIpc) is 3.33. The minimum atomic E-state index is -0.319. The van der Waals surface area contributed by atoms with Crippen LogP contribution in [0.1, 0.15) is 25.1 Å². The fourth-order valence-electron chi connectivity index (χ4n) is 3.56. The van der Waals surface area contributed by atoms with Crippen molar-refractivity contribution in [3.8, 4) is 5.69 Å². The number of urea groups is 1. The Morgan fingerprint density at radius 3 is 2.57 bits per heavy atom. The molecule has 2 aliphatic rings. The number of benzene rings is 1. The maximum absolute atomic E-state index is 12.4. The molecule has 0 bridgehead atoms. The van der Waals surface area contributed by atoms with Gasteiger partial charge in [-0.2, -0.15) is 0 Å². The number of para-hydroxylation sites is 1. The molecule has 2 aliphatic heterocycles. The zero-order valence-corrected chi connectivity index (χ0v) is 16.5. The molecule has 3 heterocycles. The number of amides is 3. The van der Waals surface area contributed by atoms with Crippen LogP contribution in [0.5, 0.6) is 0 Å². The number of rotatable bonds is 6. The first-order valence-corrected chi connectivity index (χ1v) is 10.6. The van der Waals surface area contributed by atoms with Crippen LogP contribution in [0.4, 0.5) is 4.79 Å². The topological polar surface area (TPSA) is 83.4 Å². The quantitative estimate of drug-likeness (QED) is 0.746. The molecule has 0 atom stereocenters. The highest BCUT2D eigenvalue weighted by Gasteiger charge is 2.27. The lowest BCUT2D eigenvalue weighted by atomic mass is 10.1. The number of imide groups is 1. The number of thioether (sulfide) groups is 1. The van der Waals surface area contributed by atoms with Crippen molar-refractivity contribution < 1.29 is 9.59 Å². The molecule has 0 aliphatic carbocycles. The summed E-state index contributed by atoms with van der Waals surface area (Å²) in [4.78, 5) is 27.7. The smallest absolute Gasteiger partial charge is 0.324 e. The zero-order valence-electron chi connectivity index (χ0n) is 15.7. The Morgan fingerprint density at radius 2 is 1.86 bits per heavy atom. The molecular weight excluding hydrogens is 376 g/mol. The SMILES string of the molecule is O=C(CSc1nnc(CN2CCCCC2)n1-c1ccccc1)N1CCNC1=O. The fourth-order valence-corrected chi connectivity index (χ4v) is 4.41. The van der Waals surface area contributed by atoms with Crippen LogP contribution in [-0.2, 0) is 11.3 Å². The number of likely N-dealkylation sites (tertiary alicyclic amines) is 1. The van der Waals surface area contributed by atoms with Crippen molar-refractivity contribution in [1.82, 2.24) is 29.9 Å². The van der Waals surface area contributed by atoms with E-state index >= 15 is 0 Å². The number of hydrogen-bond acceptors (Lipinski definition) is 6. The van der Waals surface area contributed by atoms with Crippen molar-refractivity contribution in [3.05, 3.63) is 36.2 Å². The van der Waals surface area contributed by atoms with E-state index in [9.17, 15) is 9.59 Å². The molecule has 8 nitrogen and oxygen atoms in total. The average molecular weight is 401 g/mol. The molecule has 2 fully saturated rings. The largest absolute Gasteiger partial charge is 0.336 e. The summed E-state index contributed by atoms with van der Waals surface area (Å²) >= 11 is 1.32. The van der Waals surface area contributed by atoms with Crippen molar-refractivity contribution in [3.63, 3.8) is 0 Å². The first-order chi connectivity index (χ1) is 13.7. The Morgan fingerprint density at radius 1 is 1.07 bits per heavy atom. The summed E-state index contributed by atoms with van der Waals surface area (Å²) in [5.74, 6) is 0.824. The number of carbonyl (C=O) groups is 2. The standard InChI is InChI=1S/C19H24N6O2S/c26-17(24-12-9-20-18(24)27)14-28-19-22-21-16(13-23-10-5-2-6-11-23)25(19)15-7-3-1-4-8-15/h1,3-4,7-8H,2,5-6,9-14H2,(H,20,27). The van der Waals surface area contributed by atoms with Gasteiger partial charge in [0.25, 0.3) is 0 Å². The molecule has 2 aromatic rings. The molecule has 148 valence electrons. The van der Waals surface area contributed by atoms with Crippen LogP contribution in [-0.4, -0.2) is 68.4 Å². The van der Waals surface area contributed by atoms with Gasteiger partial charge in [-0.1, -0.05) is 36.4 Å². The second-order valence-corrected chi connectivity index (χ2v) is 7.92. The number of nitrogens with zero attached hydrogens (tertiary/aromatic N) is 5. The van der Waals surface area contributed by atoms with Gasteiger partial charge in [-0.3, -0.25) is 19.2 Å². The Hall–Kier alpha value is -2.39. The van der Waals surface area contributed by atoms with E-state index in [-0.39, 0.29) is 17.7 Å². The van der Waals surface area contributed by atoms with Gasteiger partial charge >= 0.3 is 6.03 Å². The van der Waals surface area contributed by atoms with Crippen LogP contribution in [0.15, 0.2) is 35.5 Å². The van der Waals surface area contributed by atoms with Gasteiger partial charge in [0, 0.05) is 18.8 Å². The molecule has 1 aromatic carbocycles. The second kappa shape index (κ2) is 8.74. The highest BCUT2D eigenvalue weighted by molar-refractivity contribution is 7.99. The fraction of sp³-hybridized carbons (Fsp3) is 0.474. The second-order valence-electron chi connectivity index (χ2n) is 6.97. The highest BCUT2D eigenvalue weighted by Crippen LogP contribution is 2.24. The lowest BCUT2D eigenvalue weighted by molar-refractivity contribution is -0.124. The van der Waals surface area contributed by atoms with E-state index in [1.165, 1.54) is 35.9 Å². The van der Waals surface area contributed by atoms with E-state index in [0.29, 0.717) is 18.2 Å². The van der Waals surface area contributed by atoms with Crippen molar-refractivity contribution in [2.45, 2.75) is 31.0 Å². The van der Waals surface area contributed by atoms with Crippen LogP contribution < -0.4 is 5.32 Å². The first-order valence-electron chi connectivity index (χ1n) is 9.65. The highest BCUT2D eigenvalue weighted by atomic mass is 32.2. The Labute approximate surface area is 168 Å². The van der Waals surface area contributed by atoms with E-state index in [1.54, 1.807) is 0 Å². The van der Waals surface area contributed by atoms with Gasteiger partial charge in [0.1, 0.15) is 0 Å². The number of aromatic nitrogens is 3. The van der Waals surface area contributed by atoms with Gasteiger partial charge < -0.3 is 5.32 Å². The Bertz CT molecular complexity index is 834. The Balaban J connectivity index is 1.52. The summed E-state index contributed by atoms with van der Waals surface area (Å²) in [6, 6.07) is 9.65. The minimum absolute atomic E-state index is 0.155. The summed E-state index contributed by atoms with van der Waals surface area (Å²) in [5, 5.41) is 12.1. The van der Waals surface area contributed by atoms with E-state index in [1.807, 2.05) is 34.9 Å². The molecule has 0 unspecified atom stereocenters. The molecule has 1 N–H and O–H groups in total. The van der Waals surface area contributed by atoms with Gasteiger partial charge in [0.15, 0.2) is 11.0 Å². The van der Waals surface area contributed by atoms with Gasteiger partial charge in [0.2, 0.25) is 5.91 Å². The molecule has 2 saturated heterocycles. The van der Waals surface area contributed by atoms with Gasteiger partial charge in [-0.05, 0) is 38.1 Å². The third-order valence-corrected chi connectivity index (χ3v) is 5.92. The van der Waals surface area contributed by atoms with Crippen molar-refractivity contribution in [2.24, 2.45) is 0 Å². The summed E-state index contributed by atoms with van der Waals surface area (Å²) in [6.07, 6.45) is 3.72. The summed E-state index contributed by atoms with van der Waals surface area (Å²) in [5.41, 5.74) is 0.980. The first kappa shape index (κ1) is 18.9. The molecule has 1 aromatic heterocycles. The lowest BCUT2D eigenvalue weighted by Gasteiger charge is -2.26.